The van der Waals surface area contributed by atoms with Crippen LogP contribution in [0.1, 0.15) is 50.5 Å². The van der Waals surface area contributed by atoms with Crippen LogP contribution in [0.4, 0.5) is 22.0 Å². The summed E-state index contributed by atoms with van der Waals surface area (Å²) in [6, 6.07) is 0. The number of ether oxygens (including phenoxy) is 1. The van der Waals surface area contributed by atoms with E-state index in [4.69, 9.17) is 9.26 Å². The third-order valence-corrected chi connectivity index (χ3v) is 5.57. The van der Waals surface area contributed by atoms with Gasteiger partial charge < -0.3 is 14.0 Å². The van der Waals surface area contributed by atoms with Crippen LogP contribution in [0.2, 0.25) is 19.6 Å². The number of esters is 1. The lowest BCUT2D eigenvalue weighted by molar-refractivity contribution is -0.140. The van der Waals surface area contributed by atoms with Crippen LogP contribution in [0.5, 0.6) is 0 Å². The molecule has 0 radical (unpaired) electrons. The van der Waals surface area contributed by atoms with Crippen LogP contribution in [0.25, 0.3) is 0 Å². The van der Waals surface area contributed by atoms with E-state index in [9.17, 15) is 26.7 Å². The normalized spacial score (nSPS) is 13.1. The SMILES string of the molecule is COC(=O)CCCCCCC/C=C\C(C=NOCc1c(F)c(F)c(F)c(F)c1F)O[Si](C)(C)C. The van der Waals surface area contributed by atoms with E-state index < -0.39 is 55.7 Å². The second-order valence-electron chi connectivity index (χ2n) is 8.58. The molecule has 0 aliphatic carbocycles. The van der Waals surface area contributed by atoms with Crippen molar-refractivity contribution in [3.8, 4) is 0 Å². The van der Waals surface area contributed by atoms with Gasteiger partial charge in [0.2, 0.25) is 5.82 Å². The molecular formula is C23H32F5NO4Si. The van der Waals surface area contributed by atoms with Crippen LogP contribution in [0.15, 0.2) is 17.3 Å². The molecular weight excluding hydrogens is 477 g/mol. The van der Waals surface area contributed by atoms with Crippen LogP contribution in [-0.4, -0.2) is 33.7 Å². The lowest BCUT2D eigenvalue weighted by Crippen LogP contribution is -2.31. The second-order valence-corrected chi connectivity index (χ2v) is 13.0. The average molecular weight is 510 g/mol. The number of halogens is 5. The average Bonchev–Trinajstić information content (AvgIpc) is 2.78. The maximum absolute atomic E-state index is 13.7. The zero-order chi connectivity index (χ0) is 25.7. The van der Waals surface area contributed by atoms with Crippen molar-refractivity contribution in [1.29, 1.82) is 0 Å². The first-order valence-electron chi connectivity index (χ1n) is 11.0. The molecule has 192 valence electrons. The summed E-state index contributed by atoms with van der Waals surface area (Å²) in [5, 5.41) is 3.60. The Morgan fingerprint density at radius 3 is 2.06 bits per heavy atom. The van der Waals surface area contributed by atoms with Crippen molar-refractivity contribution in [1.82, 2.24) is 0 Å². The van der Waals surface area contributed by atoms with Crippen molar-refractivity contribution in [2.24, 2.45) is 5.16 Å². The molecule has 5 nitrogen and oxygen atoms in total. The van der Waals surface area contributed by atoms with E-state index in [1.165, 1.54) is 13.3 Å². The number of oxime groups is 1. The van der Waals surface area contributed by atoms with Crippen LogP contribution in [0, 0.1) is 29.1 Å². The Bertz CT molecular complexity index is 830. The van der Waals surface area contributed by atoms with E-state index in [0.29, 0.717) is 6.42 Å². The Labute approximate surface area is 198 Å². The summed E-state index contributed by atoms with van der Waals surface area (Å²) in [6.07, 6.45) is 10.3. The smallest absolute Gasteiger partial charge is 0.305 e. The summed E-state index contributed by atoms with van der Waals surface area (Å²) in [5.41, 5.74) is -1.10. The molecule has 0 aliphatic rings. The molecule has 1 aromatic carbocycles. The number of methoxy groups -OCH3 is 1. The highest BCUT2D eigenvalue weighted by atomic mass is 28.4. The molecule has 0 fully saturated rings. The third-order valence-electron chi connectivity index (χ3n) is 4.59. The van der Waals surface area contributed by atoms with Crippen molar-refractivity contribution >= 4 is 20.5 Å². The van der Waals surface area contributed by atoms with E-state index >= 15 is 0 Å². The summed E-state index contributed by atoms with van der Waals surface area (Å²) in [7, 11) is -0.610. The predicted octanol–water partition coefficient (Wildman–Crippen LogP) is 6.56. The number of allylic oxidation sites excluding steroid dienone is 1. The first-order valence-corrected chi connectivity index (χ1v) is 14.5. The number of hydrogen-bond acceptors (Lipinski definition) is 5. The van der Waals surface area contributed by atoms with Gasteiger partial charge in [-0.25, -0.2) is 22.0 Å². The van der Waals surface area contributed by atoms with Crippen LogP contribution in [0.3, 0.4) is 0 Å². The quantitative estimate of drug-likeness (QED) is 0.0309. The van der Waals surface area contributed by atoms with Gasteiger partial charge in [-0.3, -0.25) is 4.79 Å². The lowest BCUT2D eigenvalue weighted by atomic mass is 10.1. The van der Waals surface area contributed by atoms with Gasteiger partial charge >= 0.3 is 5.97 Å². The Morgan fingerprint density at radius 1 is 0.912 bits per heavy atom. The Hall–Kier alpha value is -2.27. The minimum atomic E-state index is -2.22. The zero-order valence-corrected chi connectivity index (χ0v) is 20.9. The number of carbonyl (C=O) groups is 1. The highest BCUT2D eigenvalue weighted by Crippen LogP contribution is 2.23. The number of rotatable bonds is 15. The summed E-state index contributed by atoms with van der Waals surface area (Å²) < 4.78 is 77.6. The van der Waals surface area contributed by atoms with Crippen LogP contribution in [-0.2, 0) is 25.4 Å². The maximum Gasteiger partial charge on any atom is 0.305 e. The van der Waals surface area contributed by atoms with E-state index in [1.54, 1.807) is 6.08 Å². The van der Waals surface area contributed by atoms with Crippen molar-refractivity contribution in [2.45, 2.75) is 77.3 Å². The van der Waals surface area contributed by atoms with Gasteiger partial charge in [-0.05, 0) is 38.9 Å². The first-order chi connectivity index (χ1) is 16.0. The van der Waals surface area contributed by atoms with Gasteiger partial charge in [-0.2, -0.15) is 0 Å². The molecule has 34 heavy (non-hydrogen) atoms. The molecule has 0 amide bonds. The molecule has 0 spiro atoms. The molecule has 0 saturated heterocycles. The van der Waals surface area contributed by atoms with Crippen molar-refractivity contribution in [3.05, 3.63) is 46.8 Å². The standard InChI is InChI=1S/C23H32F5NO4Si/c1-31-18(30)13-11-9-7-5-6-8-10-12-16(33-34(2,3)4)14-29-32-15-17-19(24)21(26)23(28)22(27)20(17)25/h10,12,14,16H,5-9,11,13,15H2,1-4H3/b12-10-,29-14?. The van der Waals surface area contributed by atoms with Gasteiger partial charge in [-0.1, -0.05) is 36.6 Å². The molecule has 0 heterocycles. The largest absolute Gasteiger partial charge is 0.469 e. The van der Waals surface area contributed by atoms with E-state index in [-0.39, 0.29) is 5.97 Å². The fourth-order valence-corrected chi connectivity index (χ4v) is 3.86. The predicted molar refractivity (Wildman–Crippen MR) is 121 cm³/mol. The molecule has 0 N–H and O–H groups in total. The fraction of sp³-hybridized carbons (Fsp3) is 0.565. The van der Waals surface area contributed by atoms with Gasteiger partial charge in [0, 0.05) is 6.42 Å². The molecule has 1 aromatic rings. The van der Waals surface area contributed by atoms with Gasteiger partial charge in [0.15, 0.2) is 31.6 Å². The molecule has 1 unspecified atom stereocenters. The van der Waals surface area contributed by atoms with Crippen molar-refractivity contribution in [3.63, 3.8) is 0 Å². The van der Waals surface area contributed by atoms with Crippen molar-refractivity contribution in [2.75, 3.05) is 7.11 Å². The lowest BCUT2D eigenvalue weighted by Gasteiger charge is -2.21. The monoisotopic (exact) mass is 509 g/mol. The highest BCUT2D eigenvalue weighted by Gasteiger charge is 2.26. The summed E-state index contributed by atoms with van der Waals surface area (Å²) in [5.74, 6) is -10.4. The third kappa shape index (κ3) is 10.8. The minimum Gasteiger partial charge on any atom is -0.469 e. The zero-order valence-electron chi connectivity index (χ0n) is 19.9. The molecule has 0 aromatic heterocycles. The molecule has 0 aliphatic heterocycles. The van der Waals surface area contributed by atoms with Gasteiger partial charge in [0.25, 0.3) is 0 Å². The topological polar surface area (TPSA) is 57.1 Å². The fourth-order valence-electron chi connectivity index (χ4n) is 2.90. The van der Waals surface area contributed by atoms with E-state index in [2.05, 4.69) is 9.89 Å². The molecule has 1 rings (SSSR count). The van der Waals surface area contributed by atoms with E-state index in [1.807, 2.05) is 25.7 Å². The number of unbranched alkanes of at least 4 members (excludes halogenated alkanes) is 5. The number of hydrogen-bond donors (Lipinski definition) is 0. The molecule has 1 atom stereocenters. The highest BCUT2D eigenvalue weighted by molar-refractivity contribution is 6.69. The van der Waals surface area contributed by atoms with Gasteiger partial charge in [-0.15, -0.1) is 0 Å². The van der Waals surface area contributed by atoms with E-state index in [0.717, 1.165) is 38.5 Å². The molecule has 11 heteroatoms. The number of benzene rings is 1. The van der Waals surface area contributed by atoms with Crippen LogP contribution < -0.4 is 0 Å². The Morgan fingerprint density at radius 2 is 1.47 bits per heavy atom. The Balaban J connectivity index is 2.55. The number of carbonyl (C=O) groups excluding carboxylic acids is 1. The van der Waals surface area contributed by atoms with Crippen molar-refractivity contribution < 1.29 is 40.7 Å². The minimum absolute atomic E-state index is 0.200. The van der Waals surface area contributed by atoms with Gasteiger partial charge in [0.05, 0.1) is 18.9 Å². The molecule has 0 bridgehead atoms. The van der Waals surface area contributed by atoms with Gasteiger partial charge in [0.1, 0.15) is 12.7 Å². The first kappa shape index (κ1) is 29.8. The summed E-state index contributed by atoms with van der Waals surface area (Å²) in [6.45, 7) is 4.96. The number of nitrogens with zero attached hydrogens (tertiary/aromatic N) is 1. The second kappa shape index (κ2) is 14.9. The molecule has 0 saturated carbocycles. The summed E-state index contributed by atoms with van der Waals surface area (Å²) >= 11 is 0. The maximum atomic E-state index is 13.7. The summed E-state index contributed by atoms with van der Waals surface area (Å²) in [4.78, 5) is 15.8. The van der Waals surface area contributed by atoms with Crippen LogP contribution >= 0.6 is 0 Å². The Kier molecular flexibility index (Phi) is 13.0.